The quantitative estimate of drug-likeness (QED) is 0.927. The lowest BCUT2D eigenvalue weighted by Crippen LogP contribution is -2.44. The Morgan fingerprint density at radius 1 is 1.39 bits per heavy atom. The number of halogens is 1. The Morgan fingerprint density at radius 2 is 2.22 bits per heavy atom. The molecule has 3 rings (SSSR count). The topological polar surface area (TPSA) is 32.3 Å². The highest BCUT2D eigenvalue weighted by atomic mass is 32.1. The minimum absolute atomic E-state index is 0.223. The molecule has 5 heteroatoms. The summed E-state index contributed by atoms with van der Waals surface area (Å²) >= 11 is 1.81. The largest absolute Gasteiger partial charge is 0.351 e. The van der Waals surface area contributed by atoms with E-state index in [1.54, 1.807) is 23.5 Å². The van der Waals surface area contributed by atoms with Crippen molar-refractivity contribution in [3.63, 3.8) is 0 Å². The van der Waals surface area contributed by atoms with E-state index >= 15 is 0 Å². The predicted octanol–water partition coefficient (Wildman–Crippen LogP) is 3.62. The lowest BCUT2D eigenvalue weighted by Gasteiger charge is -2.38. The van der Waals surface area contributed by atoms with Gasteiger partial charge in [-0.3, -0.25) is 9.69 Å². The summed E-state index contributed by atoms with van der Waals surface area (Å²) in [6.45, 7) is 5.80. The Bertz CT molecular complexity index is 700. The minimum atomic E-state index is -0.388. The average Bonchev–Trinajstić information content (AvgIpc) is 2.98. The van der Waals surface area contributed by atoms with E-state index in [1.807, 2.05) is 0 Å². The van der Waals surface area contributed by atoms with Crippen LogP contribution in [0.1, 0.15) is 40.7 Å². The Labute approximate surface area is 140 Å². The van der Waals surface area contributed by atoms with E-state index in [1.165, 1.54) is 22.6 Å². The summed E-state index contributed by atoms with van der Waals surface area (Å²) in [4.78, 5) is 15.9. The molecule has 2 unspecified atom stereocenters. The molecule has 0 saturated carbocycles. The molecular weight excluding hydrogens is 311 g/mol. The van der Waals surface area contributed by atoms with Gasteiger partial charge in [-0.2, -0.15) is 0 Å². The van der Waals surface area contributed by atoms with Crippen LogP contribution in [-0.4, -0.2) is 29.9 Å². The molecule has 0 saturated heterocycles. The van der Waals surface area contributed by atoms with Gasteiger partial charge in [0.05, 0.1) is 0 Å². The molecule has 2 aromatic rings. The molecule has 23 heavy (non-hydrogen) atoms. The molecule has 3 nitrogen and oxygen atoms in total. The third-order valence-electron chi connectivity index (χ3n) is 4.48. The average molecular weight is 332 g/mol. The van der Waals surface area contributed by atoms with Crippen molar-refractivity contribution >= 4 is 17.2 Å². The van der Waals surface area contributed by atoms with Crippen LogP contribution in [0.25, 0.3) is 0 Å². The lowest BCUT2D eigenvalue weighted by molar-refractivity contribution is 0.0930. The first-order chi connectivity index (χ1) is 11.1. The first-order valence-corrected chi connectivity index (χ1v) is 8.80. The number of rotatable bonds is 4. The molecule has 0 radical (unpaired) electrons. The van der Waals surface area contributed by atoms with Crippen LogP contribution < -0.4 is 5.32 Å². The molecule has 122 valence electrons. The van der Waals surface area contributed by atoms with Gasteiger partial charge >= 0.3 is 0 Å². The number of amides is 1. The summed E-state index contributed by atoms with van der Waals surface area (Å²) in [6, 6.07) is 8.83. The number of thiophene rings is 1. The van der Waals surface area contributed by atoms with Gasteiger partial charge in [0.1, 0.15) is 5.82 Å². The zero-order valence-corrected chi connectivity index (χ0v) is 14.2. The van der Waals surface area contributed by atoms with Gasteiger partial charge in [-0.25, -0.2) is 4.39 Å². The van der Waals surface area contributed by atoms with Crippen molar-refractivity contribution < 1.29 is 9.18 Å². The number of nitrogens with one attached hydrogen (secondary N) is 1. The molecule has 0 aliphatic carbocycles. The van der Waals surface area contributed by atoms with E-state index in [-0.39, 0.29) is 11.7 Å². The van der Waals surface area contributed by atoms with Crippen molar-refractivity contribution in [2.75, 3.05) is 13.1 Å². The predicted molar refractivity (Wildman–Crippen MR) is 91.3 cm³/mol. The normalized spacial score (nSPS) is 21.0. The van der Waals surface area contributed by atoms with Crippen LogP contribution in [-0.2, 0) is 6.42 Å². The van der Waals surface area contributed by atoms with E-state index in [0.717, 1.165) is 13.0 Å². The van der Waals surface area contributed by atoms with Crippen LogP contribution >= 0.6 is 11.3 Å². The van der Waals surface area contributed by atoms with Gasteiger partial charge in [0.2, 0.25) is 0 Å². The van der Waals surface area contributed by atoms with Crippen molar-refractivity contribution in [2.45, 2.75) is 32.4 Å². The molecule has 2 atom stereocenters. The number of fused-ring (bicyclic) bond motifs is 1. The zero-order chi connectivity index (χ0) is 16.4. The summed E-state index contributed by atoms with van der Waals surface area (Å²) in [5.74, 6) is -0.611. The highest BCUT2D eigenvalue weighted by Crippen LogP contribution is 2.35. The Balaban J connectivity index is 1.57. The number of carbonyl (C=O) groups excluding carboxylic acids is 1. The molecule has 1 aromatic carbocycles. The van der Waals surface area contributed by atoms with Crippen LogP contribution in [0.2, 0.25) is 0 Å². The number of hydrogen-bond donors (Lipinski definition) is 1. The zero-order valence-electron chi connectivity index (χ0n) is 13.4. The van der Waals surface area contributed by atoms with Crippen molar-refractivity contribution in [3.8, 4) is 0 Å². The van der Waals surface area contributed by atoms with Gasteiger partial charge in [0.25, 0.3) is 5.91 Å². The summed E-state index contributed by atoms with van der Waals surface area (Å²) in [6.07, 6.45) is 1.06. The van der Waals surface area contributed by atoms with Crippen LogP contribution in [0.3, 0.4) is 0 Å². The van der Waals surface area contributed by atoms with Gasteiger partial charge in [-0.05, 0) is 55.5 Å². The fourth-order valence-electron chi connectivity index (χ4n) is 3.29. The molecular formula is C18H21FN2OS. The second-order valence-electron chi connectivity index (χ2n) is 6.04. The van der Waals surface area contributed by atoms with Crippen LogP contribution in [0.5, 0.6) is 0 Å². The molecule has 0 bridgehead atoms. The first-order valence-electron chi connectivity index (χ1n) is 7.92. The number of nitrogens with zero attached hydrogens (tertiary/aromatic N) is 1. The lowest BCUT2D eigenvalue weighted by atomic mass is 9.97. The third kappa shape index (κ3) is 3.46. The van der Waals surface area contributed by atoms with Gasteiger partial charge in [0.15, 0.2) is 0 Å². The highest BCUT2D eigenvalue weighted by Gasteiger charge is 2.29. The molecule has 1 aromatic heterocycles. The minimum Gasteiger partial charge on any atom is -0.351 e. The van der Waals surface area contributed by atoms with Crippen LogP contribution in [0.4, 0.5) is 4.39 Å². The number of carbonyl (C=O) groups is 1. The fourth-order valence-corrected chi connectivity index (χ4v) is 4.31. The Kier molecular flexibility index (Phi) is 4.78. The van der Waals surface area contributed by atoms with E-state index in [4.69, 9.17) is 0 Å². The maximum Gasteiger partial charge on any atom is 0.251 e. The van der Waals surface area contributed by atoms with Crippen molar-refractivity contribution in [3.05, 3.63) is 57.5 Å². The van der Waals surface area contributed by atoms with E-state index in [9.17, 15) is 9.18 Å². The van der Waals surface area contributed by atoms with Gasteiger partial charge in [-0.1, -0.05) is 6.07 Å². The summed E-state index contributed by atoms with van der Waals surface area (Å²) in [5.41, 5.74) is 1.82. The number of hydrogen-bond acceptors (Lipinski definition) is 3. The first kappa shape index (κ1) is 16.1. The smallest absolute Gasteiger partial charge is 0.251 e. The second kappa shape index (κ2) is 6.81. The summed E-state index contributed by atoms with van der Waals surface area (Å²) in [7, 11) is 0. The van der Waals surface area contributed by atoms with E-state index < -0.39 is 0 Å². The Morgan fingerprint density at radius 3 is 3.00 bits per heavy atom. The van der Waals surface area contributed by atoms with Gasteiger partial charge in [-0.15, -0.1) is 11.3 Å². The molecule has 0 spiro atoms. The molecule has 2 heterocycles. The monoisotopic (exact) mass is 332 g/mol. The van der Waals surface area contributed by atoms with E-state index in [0.29, 0.717) is 24.2 Å². The van der Waals surface area contributed by atoms with Gasteiger partial charge in [0, 0.05) is 35.6 Å². The maximum atomic E-state index is 13.2. The van der Waals surface area contributed by atoms with Crippen molar-refractivity contribution in [2.24, 2.45) is 0 Å². The molecule has 1 amide bonds. The van der Waals surface area contributed by atoms with Crippen LogP contribution in [0.15, 0.2) is 35.7 Å². The van der Waals surface area contributed by atoms with Crippen molar-refractivity contribution in [1.29, 1.82) is 0 Å². The highest BCUT2D eigenvalue weighted by molar-refractivity contribution is 7.10. The standard InChI is InChI=1S/C18H21FN2OS/c1-12-10-14-6-9-23-17(14)13(2)21(12)8-7-20-18(22)15-4-3-5-16(19)11-15/h3-6,9,11-13H,7-8,10H2,1-2H3,(H,20,22). The third-order valence-corrected chi connectivity index (χ3v) is 5.61. The van der Waals surface area contributed by atoms with Crippen LogP contribution in [0, 0.1) is 5.82 Å². The molecule has 0 fully saturated rings. The molecule has 1 N–H and O–H groups in total. The molecule has 1 aliphatic rings. The summed E-state index contributed by atoms with van der Waals surface area (Å²) in [5, 5.41) is 5.04. The van der Waals surface area contributed by atoms with E-state index in [2.05, 4.69) is 35.5 Å². The maximum absolute atomic E-state index is 13.2. The summed E-state index contributed by atoms with van der Waals surface area (Å²) < 4.78 is 13.2. The fraction of sp³-hybridized carbons (Fsp3) is 0.389. The molecule has 1 aliphatic heterocycles. The Hall–Kier alpha value is -1.72. The van der Waals surface area contributed by atoms with Crippen molar-refractivity contribution in [1.82, 2.24) is 10.2 Å². The number of benzene rings is 1. The van der Waals surface area contributed by atoms with Gasteiger partial charge < -0.3 is 5.32 Å². The SMILES string of the molecule is CC1Cc2ccsc2C(C)N1CCNC(=O)c1cccc(F)c1. The second-order valence-corrected chi connectivity index (χ2v) is 6.99.